The number of carbonyl (C=O) groups excluding carboxylic acids is 1. The van der Waals surface area contributed by atoms with Gasteiger partial charge in [-0.15, -0.1) is 0 Å². The molecule has 0 saturated heterocycles. The van der Waals surface area contributed by atoms with Crippen LogP contribution in [0.3, 0.4) is 0 Å². The molecular weight excluding hydrogens is 214 g/mol. The third kappa shape index (κ3) is 7.24. The second kappa shape index (κ2) is 6.87. The van der Waals surface area contributed by atoms with Gasteiger partial charge in [0.1, 0.15) is 5.60 Å². The van der Waals surface area contributed by atoms with Crippen LogP contribution in [0.4, 0.5) is 4.79 Å². The Morgan fingerprint density at radius 1 is 1.29 bits per heavy atom. The van der Waals surface area contributed by atoms with Crippen molar-refractivity contribution in [1.29, 1.82) is 0 Å². The van der Waals surface area contributed by atoms with Gasteiger partial charge >= 0.3 is 6.09 Å². The zero-order valence-corrected chi connectivity index (χ0v) is 11.4. The lowest BCUT2D eigenvalue weighted by Crippen LogP contribution is -2.31. The molecule has 1 N–H and O–H groups in total. The molecule has 1 rings (SSSR count). The van der Waals surface area contributed by atoms with Crippen molar-refractivity contribution in [2.75, 3.05) is 0 Å². The van der Waals surface area contributed by atoms with Gasteiger partial charge in [-0.3, -0.25) is 0 Å². The van der Waals surface area contributed by atoms with Gasteiger partial charge in [-0.25, -0.2) is 4.79 Å². The van der Waals surface area contributed by atoms with E-state index in [1.807, 2.05) is 27.3 Å². The van der Waals surface area contributed by atoms with Gasteiger partial charge in [-0.2, -0.15) is 0 Å². The Kier molecular flexibility index (Phi) is 5.79. The van der Waals surface area contributed by atoms with Crippen LogP contribution in [-0.4, -0.2) is 11.7 Å². The van der Waals surface area contributed by atoms with Gasteiger partial charge in [0.05, 0.1) is 6.54 Å². The van der Waals surface area contributed by atoms with Crippen LogP contribution in [-0.2, 0) is 4.74 Å². The molecule has 1 saturated carbocycles. The van der Waals surface area contributed by atoms with Gasteiger partial charge in [0.25, 0.3) is 0 Å². The monoisotopic (exact) mass is 240 g/mol. The molecule has 0 aromatic carbocycles. The van der Waals surface area contributed by atoms with Crippen molar-refractivity contribution >= 4 is 6.09 Å². The highest BCUT2D eigenvalue weighted by Crippen LogP contribution is 2.27. The first-order valence-corrected chi connectivity index (χ1v) is 6.78. The first-order chi connectivity index (χ1) is 7.97. The molecule has 1 amide bonds. The highest BCUT2D eigenvalue weighted by Gasteiger charge is 2.16. The summed E-state index contributed by atoms with van der Waals surface area (Å²) in [5.41, 5.74) is -0.415. The summed E-state index contributed by atoms with van der Waals surface area (Å²) in [6, 6.07) is 0. The van der Waals surface area contributed by atoms with E-state index in [1.165, 1.54) is 38.5 Å². The van der Waals surface area contributed by atoms with Crippen LogP contribution < -0.4 is 5.32 Å². The van der Waals surface area contributed by atoms with Crippen LogP contribution in [0.1, 0.15) is 65.7 Å². The minimum Gasteiger partial charge on any atom is -0.444 e. The van der Waals surface area contributed by atoms with Crippen LogP contribution in [0.2, 0.25) is 0 Å². The molecule has 0 spiro atoms. The Hall–Kier alpha value is -0.730. The smallest absolute Gasteiger partial charge is 0.407 e. The van der Waals surface area contributed by atoms with Crippen LogP contribution in [0.5, 0.6) is 0 Å². The predicted molar refractivity (Wildman–Crippen MR) is 69.5 cm³/mol. The zero-order valence-electron chi connectivity index (χ0n) is 11.4. The minimum atomic E-state index is -0.415. The van der Waals surface area contributed by atoms with Crippen molar-refractivity contribution in [3.63, 3.8) is 0 Å². The molecular formula is C14H26NO2. The average molecular weight is 240 g/mol. The van der Waals surface area contributed by atoms with Crippen molar-refractivity contribution in [1.82, 2.24) is 5.32 Å². The van der Waals surface area contributed by atoms with E-state index in [0.29, 0.717) is 0 Å². The minimum absolute atomic E-state index is 0.346. The summed E-state index contributed by atoms with van der Waals surface area (Å²) in [6.45, 7) is 7.44. The second-order valence-electron chi connectivity index (χ2n) is 5.93. The Balaban J connectivity index is 2.01. The van der Waals surface area contributed by atoms with E-state index >= 15 is 0 Å². The highest BCUT2D eigenvalue weighted by molar-refractivity contribution is 5.68. The summed E-state index contributed by atoms with van der Waals surface area (Å²) in [4.78, 5) is 11.3. The molecule has 1 fully saturated rings. The molecule has 1 aliphatic carbocycles. The standard InChI is InChI=1S/C14H26NO2/c1-14(2,3)17-13(16)15-11-7-10-12-8-5-4-6-9-12/h11-12H,4-10H2,1-3H3,(H,15,16). The first kappa shape index (κ1) is 14.3. The third-order valence-corrected chi connectivity index (χ3v) is 3.06. The maximum atomic E-state index is 11.3. The number of rotatable bonds is 4. The molecule has 0 aromatic heterocycles. The van der Waals surface area contributed by atoms with Crippen LogP contribution >= 0.6 is 0 Å². The molecule has 1 aliphatic rings. The largest absolute Gasteiger partial charge is 0.444 e. The molecule has 0 heterocycles. The fourth-order valence-corrected chi connectivity index (χ4v) is 2.26. The van der Waals surface area contributed by atoms with Crippen molar-refractivity contribution in [3.8, 4) is 0 Å². The van der Waals surface area contributed by atoms with Crippen LogP contribution in [0, 0.1) is 12.5 Å². The summed E-state index contributed by atoms with van der Waals surface area (Å²) in [7, 11) is 0. The van der Waals surface area contributed by atoms with Crippen LogP contribution in [0.15, 0.2) is 0 Å². The number of nitrogens with one attached hydrogen (secondary N) is 1. The van der Waals surface area contributed by atoms with E-state index in [2.05, 4.69) is 5.32 Å². The summed E-state index contributed by atoms with van der Waals surface area (Å²) in [5.74, 6) is 0.862. The van der Waals surface area contributed by atoms with E-state index in [9.17, 15) is 4.79 Å². The Morgan fingerprint density at radius 2 is 1.94 bits per heavy atom. The SMILES string of the molecule is CC(C)(C)OC(=O)N[CH]CCC1CCCCC1. The van der Waals surface area contributed by atoms with Crippen molar-refractivity contribution in [2.24, 2.45) is 5.92 Å². The lowest BCUT2D eigenvalue weighted by molar-refractivity contribution is 0.0541. The molecule has 0 aliphatic heterocycles. The first-order valence-electron chi connectivity index (χ1n) is 6.78. The zero-order chi connectivity index (χ0) is 12.7. The number of carbonyl (C=O) groups is 1. The van der Waals surface area contributed by atoms with Crippen molar-refractivity contribution in [2.45, 2.75) is 71.3 Å². The molecule has 3 heteroatoms. The van der Waals surface area contributed by atoms with Gasteiger partial charge < -0.3 is 10.1 Å². The third-order valence-electron chi connectivity index (χ3n) is 3.06. The highest BCUT2D eigenvalue weighted by atomic mass is 16.6. The fourth-order valence-electron chi connectivity index (χ4n) is 2.26. The van der Waals surface area contributed by atoms with E-state index < -0.39 is 5.60 Å². The van der Waals surface area contributed by atoms with Crippen molar-refractivity contribution < 1.29 is 9.53 Å². The van der Waals surface area contributed by atoms with E-state index in [-0.39, 0.29) is 6.09 Å². The number of hydrogen-bond acceptors (Lipinski definition) is 2. The quantitative estimate of drug-likeness (QED) is 0.753. The van der Waals surface area contributed by atoms with Gasteiger partial charge in [-0.1, -0.05) is 32.1 Å². The summed E-state index contributed by atoms with van der Waals surface area (Å²) in [5, 5.41) is 2.69. The maximum Gasteiger partial charge on any atom is 0.407 e. The average Bonchev–Trinajstić information content (AvgIpc) is 2.23. The molecule has 0 unspecified atom stereocenters. The van der Waals surface area contributed by atoms with Gasteiger partial charge in [-0.05, 0) is 39.5 Å². The van der Waals surface area contributed by atoms with Crippen molar-refractivity contribution in [3.05, 3.63) is 6.54 Å². The summed E-state index contributed by atoms with van der Waals surface area (Å²) in [6.07, 6.45) is 8.67. The molecule has 0 aromatic rings. The fraction of sp³-hybridized carbons (Fsp3) is 0.857. The number of hydrogen-bond donors (Lipinski definition) is 1. The molecule has 0 atom stereocenters. The van der Waals surface area contributed by atoms with Crippen LogP contribution in [0.25, 0.3) is 0 Å². The topological polar surface area (TPSA) is 38.3 Å². The van der Waals surface area contributed by atoms with Gasteiger partial charge in [0.15, 0.2) is 0 Å². The number of ether oxygens (including phenoxy) is 1. The Labute approximate surface area is 105 Å². The molecule has 17 heavy (non-hydrogen) atoms. The summed E-state index contributed by atoms with van der Waals surface area (Å²) >= 11 is 0. The van der Waals surface area contributed by atoms with E-state index in [1.54, 1.807) is 0 Å². The Morgan fingerprint density at radius 3 is 2.53 bits per heavy atom. The molecule has 1 radical (unpaired) electrons. The molecule has 3 nitrogen and oxygen atoms in total. The number of alkyl carbamates (subject to hydrolysis) is 1. The predicted octanol–water partition coefficient (Wildman–Crippen LogP) is 4.03. The second-order valence-corrected chi connectivity index (χ2v) is 5.93. The van der Waals surface area contributed by atoms with E-state index in [4.69, 9.17) is 4.74 Å². The lowest BCUT2D eigenvalue weighted by atomic mass is 9.86. The van der Waals surface area contributed by atoms with Gasteiger partial charge in [0.2, 0.25) is 0 Å². The number of amides is 1. The maximum absolute atomic E-state index is 11.3. The normalized spacial score (nSPS) is 17.8. The Bertz CT molecular complexity index is 227. The molecule has 99 valence electrons. The summed E-state index contributed by atoms with van der Waals surface area (Å²) < 4.78 is 5.15. The van der Waals surface area contributed by atoms with E-state index in [0.717, 1.165) is 12.3 Å². The molecule has 0 bridgehead atoms. The van der Waals surface area contributed by atoms with Gasteiger partial charge in [0, 0.05) is 0 Å². The lowest BCUT2D eigenvalue weighted by Gasteiger charge is -2.22.